The summed E-state index contributed by atoms with van der Waals surface area (Å²) in [4.78, 5) is 0. The van der Waals surface area contributed by atoms with Crippen LogP contribution in [0, 0.1) is 0 Å². The first kappa shape index (κ1) is 14.8. The number of ether oxygens (including phenoxy) is 2. The molecule has 0 rings (SSSR count). The SMILES string of the molecule is CCOCCCCNCCNCCOC. The first-order valence-corrected chi connectivity index (χ1v) is 5.90. The Morgan fingerprint density at radius 1 is 0.867 bits per heavy atom. The van der Waals surface area contributed by atoms with Gasteiger partial charge in [0.1, 0.15) is 0 Å². The molecule has 0 saturated heterocycles. The summed E-state index contributed by atoms with van der Waals surface area (Å²) in [5.74, 6) is 0. The van der Waals surface area contributed by atoms with Crippen molar-refractivity contribution in [1.82, 2.24) is 10.6 Å². The van der Waals surface area contributed by atoms with Crippen molar-refractivity contribution in [3.63, 3.8) is 0 Å². The first-order valence-electron chi connectivity index (χ1n) is 5.90. The van der Waals surface area contributed by atoms with Crippen LogP contribution in [0.3, 0.4) is 0 Å². The molecule has 4 nitrogen and oxygen atoms in total. The van der Waals surface area contributed by atoms with Crippen LogP contribution in [0.25, 0.3) is 0 Å². The summed E-state index contributed by atoms with van der Waals surface area (Å²) in [5.41, 5.74) is 0. The highest BCUT2D eigenvalue weighted by Gasteiger charge is 1.89. The quantitative estimate of drug-likeness (QED) is 0.472. The average Bonchev–Trinajstić information content (AvgIpc) is 2.26. The molecule has 0 aliphatic heterocycles. The van der Waals surface area contributed by atoms with E-state index in [2.05, 4.69) is 10.6 Å². The van der Waals surface area contributed by atoms with Crippen molar-refractivity contribution in [3.8, 4) is 0 Å². The van der Waals surface area contributed by atoms with Gasteiger partial charge in [-0.3, -0.25) is 0 Å². The van der Waals surface area contributed by atoms with Crippen molar-refractivity contribution in [2.45, 2.75) is 19.8 Å². The van der Waals surface area contributed by atoms with E-state index in [1.54, 1.807) is 7.11 Å². The van der Waals surface area contributed by atoms with Crippen molar-refractivity contribution in [2.24, 2.45) is 0 Å². The summed E-state index contributed by atoms with van der Waals surface area (Å²) < 4.78 is 10.2. The standard InChI is InChI=1S/C11H26N2O2/c1-3-15-10-5-4-6-12-7-8-13-9-11-14-2/h12-13H,3-11H2,1-2H3. The Labute approximate surface area is 93.7 Å². The fourth-order valence-electron chi connectivity index (χ4n) is 1.20. The summed E-state index contributed by atoms with van der Waals surface area (Å²) >= 11 is 0. The molecular formula is C11H26N2O2. The number of hydrogen-bond donors (Lipinski definition) is 2. The van der Waals surface area contributed by atoms with E-state index in [1.165, 1.54) is 6.42 Å². The molecule has 0 bridgehead atoms. The number of hydrogen-bond acceptors (Lipinski definition) is 4. The van der Waals surface area contributed by atoms with Gasteiger partial charge in [-0.1, -0.05) is 0 Å². The minimum atomic E-state index is 0.786. The largest absolute Gasteiger partial charge is 0.383 e. The predicted octanol–water partition coefficient (Wildman–Crippen LogP) is 0.629. The minimum absolute atomic E-state index is 0.786. The van der Waals surface area contributed by atoms with Crippen molar-refractivity contribution in [2.75, 3.05) is 53.1 Å². The summed E-state index contributed by atoms with van der Waals surface area (Å²) in [6, 6.07) is 0. The summed E-state index contributed by atoms with van der Waals surface area (Å²) in [6.45, 7) is 8.59. The van der Waals surface area contributed by atoms with E-state index in [1.807, 2.05) is 6.92 Å². The van der Waals surface area contributed by atoms with Gasteiger partial charge in [0.15, 0.2) is 0 Å². The van der Waals surface area contributed by atoms with Gasteiger partial charge in [0, 0.05) is 40.0 Å². The lowest BCUT2D eigenvalue weighted by molar-refractivity contribution is 0.143. The minimum Gasteiger partial charge on any atom is -0.383 e. The summed E-state index contributed by atoms with van der Waals surface area (Å²) in [5, 5.41) is 6.67. The van der Waals surface area contributed by atoms with Crippen LogP contribution in [0.2, 0.25) is 0 Å². The van der Waals surface area contributed by atoms with Crippen LogP contribution >= 0.6 is 0 Å². The fourth-order valence-corrected chi connectivity index (χ4v) is 1.20. The molecule has 0 aromatic rings. The third kappa shape index (κ3) is 13.8. The van der Waals surface area contributed by atoms with Gasteiger partial charge in [0.2, 0.25) is 0 Å². The summed E-state index contributed by atoms with van der Waals surface area (Å²) in [6.07, 6.45) is 2.34. The highest BCUT2D eigenvalue weighted by atomic mass is 16.5. The van der Waals surface area contributed by atoms with Gasteiger partial charge in [0.05, 0.1) is 6.61 Å². The molecule has 0 fully saturated rings. The predicted molar refractivity (Wildman–Crippen MR) is 63.3 cm³/mol. The molecule has 0 amide bonds. The van der Waals surface area contributed by atoms with Crippen LogP contribution in [-0.2, 0) is 9.47 Å². The topological polar surface area (TPSA) is 42.5 Å². The zero-order valence-corrected chi connectivity index (χ0v) is 10.2. The number of methoxy groups -OCH3 is 1. The van der Waals surface area contributed by atoms with Crippen molar-refractivity contribution in [1.29, 1.82) is 0 Å². The second-order valence-corrected chi connectivity index (χ2v) is 3.40. The van der Waals surface area contributed by atoms with E-state index >= 15 is 0 Å². The molecule has 0 unspecified atom stereocenters. The third-order valence-corrected chi connectivity index (χ3v) is 2.06. The van der Waals surface area contributed by atoms with Crippen LogP contribution in [0.1, 0.15) is 19.8 Å². The lowest BCUT2D eigenvalue weighted by Crippen LogP contribution is -2.29. The van der Waals surface area contributed by atoms with E-state index < -0.39 is 0 Å². The smallest absolute Gasteiger partial charge is 0.0587 e. The lowest BCUT2D eigenvalue weighted by atomic mass is 10.3. The highest BCUT2D eigenvalue weighted by Crippen LogP contribution is 1.87. The second kappa shape index (κ2) is 13.8. The Hall–Kier alpha value is -0.160. The van der Waals surface area contributed by atoms with Crippen molar-refractivity contribution in [3.05, 3.63) is 0 Å². The van der Waals surface area contributed by atoms with Gasteiger partial charge in [-0.05, 0) is 26.3 Å². The van der Waals surface area contributed by atoms with Crippen LogP contribution < -0.4 is 10.6 Å². The zero-order valence-electron chi connectivity index (χ0n) is 10.2. The Morgan fingerprint density at radius 3 is 2.27 bits per heavy atom. The van der Waals surface area contributed by atoms with Crippen LogP contribution in [0.4, 0.5) is 0 Å². The maximum Gasteiger partial charge on any atom is 0.0587 e. The molecule has 0 radical (unpaired) electrons. The van der Waals surface area contributed by atoms with E-state index in [9.17, 15) is 0 Å². The fraction of sp³-hybridized carbons (Fsp3) is 1.00. The summed E-state index contributed by atoms with van der Waals surface area (Å²) in [7, 11) is 1.72. The second-order valence-electron chi connectivity index (χ2n) is 3.40. The van der Waals surface area contributed by atoms with Gasteiger partial charge >= 0.3 is 0 Å². The molecule has 0 saturated carbocycles. The molecule has 0 aliphatic carbocycles. The Kier molecular flexibility index (Phi) is 13.7. The van der Waals surface area contributed by atoms with E-state index in [0.717, 1.165) is 52.4 Å². The molecule has 92 valence electrons. The number of nitrogens with one attached hydrogen (secondary N) is 2. The molecule has 15 heavy (non-hydrogen) atoms. The zero-order chi connectivity index (χ0) is 11.2. The molecule has 0 aliphatic rings. The third-order valence-electron chi connectivity index (χ3n) is 2.06. The van der Waals surface area contributed by atoms with E-state index in [4.69, 9.17) is 9.47 Å². The average molecular weight is 218 g/mol. The molecule has 0 atom stereocenters. The van der Waals surface area contributed by atoms with Crippen LogP contribution in [-0.4, -0.2) is 53.1 Å². The maximum absolute atomic E-state index is 5.25. The van der Waals surface area contributed by atoms with Crippen LogP contribution in [0.15, 0.2) is 0 Å². The van der Waals surface area contributed by atoms with E-state index in [0.29, 0.717) is 0 Å². The first-order chi connectivity index (χ1) is 7.41. The van der Waals surface area contributed by atoms with Gasteiger partial charge in [-0.15, -0.1) is 0 Å². The molecule has 4 heteroatoms. The van der Waals surface area contributed by atoms with Gasteiger partial charge < -0.3 is 20.1 Å². The van der Waals surface area contributed by atoms with Gasteiger partial charge in [-0.2, -0.15) is 0 Å². The molecule has 0 spiro atoms. The normalized spacial score (nSPS) is 10.8. The monoisotopic (exact) mass is 218 g/mol. The molecule has 0 aromatic heterocycles. The number of unbranched alkanes of at least 4 members (excludes halogenated alkanes) is 1. The molecule has 0 aromatic carbocycles. The Balaban J connectivity index is 2.81. The number of rotatable bonds is 12. The lowest BCUT2D eigenvalue weighted by Gasteiger charge is -2.06. The molecule has 2 N–H and O–H groups in total. The molecule has 0 heterocycles. The van der Waals surface area contributed by atoms with E-state index in [-0.39, 0.29) is 0 Å². The Morgan fingerprint density at radius 2 is 1.60 bits per heavy atom. The van der Waals surface area contributed by atoms with Gasteiger partial charge in [0.25, 0.3) is 0 Å². The maximum atomic E-state index is 5.25. The van der Waals surface area contributed by atoms with Crippen LogP contribution in [0.5, 0.6) is 0 Å². The van der Waals surface area contributed by atoms with Crippen molar-refractivity contribution < 1.29 is 9.47 Å². The van der Waals surface area contributed by atoms with Gasteiger partial charge in [-0.25, -0.2) is 0 Å². The van der Waals surface area contributed by atoms with Crippen molar-refractivity contribution >= 4 is 0 Å². The molecular weight excluding hydrogens is 192 g/mol. The highest BCUT2D eigenvalue weighted by molar-refractivity contribution is 4.52. The Bertz CT molecular complexity index is 101.